The molecule has 0 bridgehead atoms. The highest BCUT2D eigenvalue weighted by molar-refractivity contribution is 14.1. The Morgan fingerprint density at radius 1 is 0.619 bits per heavy atom. The first-order chi connectivity index (χ1) is 20.5. The van der Waals surface area contributed by atoms with Crippen molar-refractivity contribution in [3.63, 3.8) is 0 Å². The van der Waals surface area contributed by atoms with Crippen LogP contribution in [0, 0.1) is 7.14 Å². The molecule has 0 radical (unpaired) electrons. The third-order valence-corrected chi connectivity index (χ3v) is 11.6. The summed E-state index contributed by atoms with van der Waals surface area (Å²) in [7, 11) is 0. The van der Waals surface area contributed by atoms with Gasteiger partial charge >= 0.3 is 0 Å². The molecule has 2 amide bonds. The summed E-state index contributed by atoms with van der Waals surface area (Å²) in [5.41, 5.74) is 6.48. The molecule has 5 aliphatic rings. The van der Waals surface area contributed by atoms with Crippen LogP contribution in [0.3, 0.4) is 0 Å². The minimum absolute atomic E-state index is 0.00768. The van der Waals surface area contributed by atoms with Gasteiger partial charge in [0.15, 0.2) is 0 Å². The number of hydrogen-bond donors (Lipinski definition) is 2. The fourth-order valence-corrected chi connectivity index (χ4v) is 9.77. The Balaban J connectivity index is 1.45. The van der Waals surface area contributed by atoms with Crippen molar-refractivity contribution in [3.05, 3.63) is 125 Å². The van der Waals surface area contributed by atoms with Crippen LogP contribution in [-0.4, -0.2) is 34.7 Å². The van der Waals surface area contributed by atoms with Crippen molar-refractivity contribution >= 4 is 68.4 Å². The minimum Gasteiger partial charge on any atom is -0.324 e. The fourth-order valence-electron chi connectivity index (χ4n) is 8.78. The Bertz CT molecular complexity index is 1740. The molecule has 208 valence electrons. The van der Waals surface area contributed by atoms with Crippen molar-refractivity contribution in [2.75, 3.05) is 23.7 Å². The molecule has 2 N–H and O–H groups in total. The van der Waals surface area contributed by atoms with Crippen LogP contribution in [0.1, 0.15) is 45.5 Å². The highest BCUT2D eigenvalue weighted by Gasteiger charge is 2.74. The largest absolute Gasteiger partial charge is 0.324 e. The van der Waals surface area contributed by atoms with Gasteiger partial charge in [0.2, 0.25) is 0 Å². The second-order valence-electron chi connectivity index (χ2n) is 11.9. The van der Waals surface area contributed by atoms with Crippen LogP contribution in [0.15, 0.2) is 84.9 Å². The highest BCUT2D eigenvalue weighted by Crippen LogP contribution is 2.67. The Morgan fingerprint density at radius 2 is 1.05 bits per heavy atom. The van der Waals surface area contributed by atoms with Gasteiger partial charge in [0.1, 0.15) is 11.1 Å². The molecule has 0 aromatic heterocycles. The van der Waals surface area contributed by atoms with Crippen LogP contribution in [0.5, 0.6) is 0 Å². The van der Waals surface area contributed by atoms with E-state index >= 15 is 0 Å². The molecule has 42 heavy (non-hydrogen) atoms. The number of piperazine rings is 1. The molecule has 6 nitrogen and oxygen atoms in total. The lowest BCUT2D eigenvalue weighted by molar-refractivity contribution is -0.190. The molecule has 4 aromatic rings. The number of rotatable bonds is 0. The quantitative estimate of drug-likeness (QED) is 0.212. The van der Waals surface area contributed by atoms with Crippen LogP contribution >= 0.6 is 45.2 Å². The van der Waals surface area contributed by atoms with E-state index in [0.29, 0.717) is 13.1 Å². The first-order valence-corrected chi connectivity index (χ1v) is 16.5. The zero-order chi connectivity index (χ0) is 28.4. The van der Waals surface area contributed by atoms with Gasteiger partial charge in [-0.2, -0.15) is 0 Å². The van der Waals surface area contributed by atoms with E-state index in [0.717, 1.165) is 53.6 Å². The number of nitrogens with zero attached hydrogens (tertiary/aromatic N) is 2. The number of hydrogen-bond acceptors (Lipinski definition) is 4. The van der Waals surface area contributed by atoms with Crippen molar-refractivity contribution in [1.82, 2.24) is 9.80 Å². The van der Waals surface area contributed by atoms with Crippen LogP contribution in [0.25, 0.3) is 0 Å². The van der Waals surface area contributed by atoms with E-state index in [-0.39, 0.29) is 23.9 Å². The first-order valence-electron chi connectivity index (χ1n) is 14.4. The van der Waals surface area contributed by atoms with Gasteiger partial charge in [-0.05, 0) is 117 Å². The van der Waals surface area contributed by atoms with Crippen LogP contribution in [-0.2, 0) is 33.5 Å². The van der Waals surface area contributed by atoms with E-state index in [4.69, 9.17) is 0 Å². The van der Waals surface area contributed by atoms with E-state index in [1.807, 2.05) is 12.1 Å². The van der Waals surface area contributed by atoms with Crippen molar-refractivity contribution in [2.45, 2.75) is 36.0 Å². The van der Waals surface area contributed by atoms with E-state index in [9.17, 15) is 9.59 Å². The predicted octanol–water partition coefficient (Wildman–Crippen LogP) is 6.10. The number of amides is 2. The summed E-state index contributed by atoms with van der Waals surface area (Å²) in [5.74, 6) is -0.0154. The number of halogens is 2. The molecule has 0 unspecified atom stereocenters. The average Bonchev–Trinajstić information content (AvgIpc) is 3.45. The summed E-state index contributed by atoms with van der Waals surface area (Å²) in [6.07, 6.45) is 1.62. The first kappa shape index (κ1) is 25.7. The van der Waals surface area contributed by atoms with Gasteiger partial charge in [-0.1, -0.05) is 48.5 Å². The van der Waals surface area contributed by atoms with E-state index < -0.39 is 11.1 Å². The smallest absolute Gasteiger partial charge is 0.251 e. The van der Waals surface area contributed by atoms with Crippen LogP contribution in [0.4, 0.5) is 11.4 Å². The fraction of sp³-hybridized carbons (Fsp3) is 0.235. The van der Waals surface area contributed by atoms with Gasteiger partial charge in [-0.25, -0.2) is 0 Å². The van der Waals surface area contributed by atoms with Gasteiger partial charge in [-0.3, -0.25) is 19.4 Å². The molecule has 8 heteroatoms. The Morgan fingerprint density at radius 3 is 1.50 bits per heavy atom. The zero-order valence-corrected chi connectivity index (χ0v) is 26.8. The van der Waals surface area contributed by atoms with Crippen LogP contribution in [0.2, 0.25) is 0 Å². The Hall–Kier alpha value is -2.80. The van der Waals surface area contributed by atoms with Gasteiger partial charge in [0.25, 0.3) is 11.8 Å². The molecule has 5 heterocycles. The SMILES string of the molecule is O=C1Nc2ccc(I)cc2[C@]12[C@H]1c3ccccc3CCN1[C@]1(C(=O)Nc3ccc(I)cc31)[C@H]1c3ccccc3CCN12. The zero-order valence-electron chi connectivity index (χ0n) is 22.5. The summed E-state index contributed by atoms with van der Waals surface area (Å²) >= 11 is 4.72. The van der Waals surface area contributed by atoms with Gasteiger partial charge in [0, 0.05) is 42.7 Å². The highest BCUT2D eigenvalue weighted by atomic mass is 127. The maximum Gasteiger partial charge on any atom is 0.251 e. The molecule has 0 saturated carbocycles. The normalized spacial score (nSPS) is 28.8. The molecule has 9 rings (SSSR count). The lowest BCUT2D eigenvalue weighted by Gasteiger charge is -2.66. The molecule has 2 spiro atoms. The van der Waals surface area contributed by atoms with E-state index in [2.05, 4.69) is 138 Å². The molecular formula is C34H26I2N4O2. The molecule has 1 fully saturated rings. The number of fused-ring (bicyclic) bond motifs is 14. The van der Waals surface area contributed by atoms with Crippen molar-refractivity contribution in [2.24, 2.45) is 0 Å². The number of carbonyl (C=O) groups excluding carboxylic acids is 2. The predicted molar refractivity (Wildman–Crippen MR) is 178 cm³/mol. The second kappa shape index (κ2) is 8.87. The summed E-state index contributed by atoms with van der Waals surface area (Å²) < 4.78 is 2.18. The molecule has 4 aromatic carbocycles. The van der Waals surface area contributed by atoms with E-state index in [1.165, 1.54) is 11.1 Å². The lowest BCUT2D eigenvalue weighted by atomic mass is 9.62. The standard InChI is InChI=1S/C34H26I2N4O2/c35-21-9-11-27-25(17-21)33(31(41)37-27)29-23-7-3-1-5-19(23)13-15-39(29)34(26-18-22(36)10-12-28(26)38-32(34)42)30-24-8-4-2-6-20(24)14-16-40(30)33/h1-12,17-18,29-30H,13-16H2,(H,37,41)(H,38,42)/t29-,30-,33+,34+/m1/s1. The number of anilines is 2. The maximum atomic E-state index is 14.9. The van der Waals surface area contributed by atoms with Crippen molar-refractivity contribution < 1.29 is 9.59 Å². The van der Waals surface area contributed by atoms with E-state index in [1.54, 1.807) is 0 Å². The van der Waals surface area contributed by atoms with Crippen molar-refractivity contribution in [1.29, 1.82) is 0 Å². The van der Waals surface area contributed by atoms with Crippen molar-refractivity contribution in [3.8, 4) is 0 Å². The summed E-state index contributed by atoms with van der Waals surface area (Å²) in [5, 5.41) is 6.62. The Labute approximate surface area is 271 Å². The number of carbonyl (C=O) groups is 2. The summed E-state index contributed by atoms with van der Waals surface area (Å²) in [6.45, 7) is 1.33. The third-order valence-electron chi connectivity index (χ3n) is 10.2. The second-order valence-corrected chi connectivity index (χ2v) is 14.4. The third kappa shape index (κ3) is 3.01. The monoisotopic (exact) mass is 776 g/mol. The summed E-state index contributed by atoms with van der Waals surface area (Å²) in [4.78, 5) is 34.5. The van der Waals surface area contributed by atoms with Crippen LogP contribution < -0.4 is 10.6 Å². The van der Waals surface area contributed by atoms with Gasteiger partial charge in [-0.15, -0.1) is 0 Å². The molecular weight excluding hydrogens is 750 g/mol. The molecule has 5 aliphatic heterocycles. The molecule has 1 saturated heterocycles. The average molecular weight is 776 g/mol. The maximum absolute atomic E-state index is 14.9. The lowest BCUT2D eigenvalue weighted by Crippen LogP contribution is -2.75. The van der Waals surface area contributed by atoms with Gasteiger partial charge < -0.3 is 10.6 Å². The van der Waals surface area contributed by atoms with Gasteiger partial charge in [0.05, 0.1) is 12.1 Å². The minimum atomic E-state index is -1.01. The Kier molecular flexibility index (Phi) is 5.42. The molecule has 4 atom stereocenters. The number of nitrogens with one attached hydrogen (secondary N) is 2. The molecule has 0 aliphatic carbocycles. The number of benzene rings is 4. The topological polar surface area (TPSA) is 64.7 Å². The summed E-state index contributed by atoms with van der Waals surface area (Å²) in [6, 6.07) is 28.9.